The first-order valence-electron chi connectivity index (χ1n) is 8.05. The second-order valence-corrected chi connectivity index (χ2v) is 6.84. The van der Waals surface area contributed by atoms with Crippen molar-refractivity contribution in [3.05, 3.63) is 11.6 Å². The van der Waals surface area contributed by atoms with Crippen LogP contribution in [0.4, 0.5) is 4.79 Å². The maximum absolute atomic E-state index is 11.8. The van der Waals surface area contributed by atoms with Gasteiger partial charge in [0.1, 0.15) is 5.60 Å². The average molecular weight is 311 g/mol. The molecule has 1 aliphatic carbocycles. The number of esters is 1. The normalized spacial score (nSPS) is 22.9. The summed E-state index contributed by atoms with van der Waals surface area (Å²) in [4.78, 5) is 23.2. The molecule has 0 spiro atoms. The molecule has 1 N–H and O–H groups in total. The Bertz CT molecular complexity index is 415. The number of hydrogen-bond acceptors (Lipinski definition) is 4. The SMILES string of the molecule is CCOC(=O)/C=C(\C)C1CCC(NC(=O)OC(C)(C)C)CC1. The minimum Gasteiger partial charge on any atom is -0.463 e. The van der Waals surface area contributed by atoms with Crippen LogP contribution in [-0.2, 0) is 14.3 Å². The maximum atomic E-state index is 11.8. The van der Waals surface area contributed by atoms with Crippen LogP contribution in [0, 0.1) is 5.92 Å². The average Bonchev–Trinajstić information content (AvgIpc) is 2.37. The van der Waals surface area contributed by atoms with E-state index in [0.29, 0.717) is 12.5 Å². The summed E-state index contributed by atoms with van der Waals surface area (Å²) in [6.45, 7) is 9.74. The summed E-state index contributed by atoms with van der Waals surface area (Å²) >= 11 is 0. The summed E-state index contributed by atoms with van der Waals surface area (Å²) in [5.74, 6) is 0.120. The second-order valence-electron chi connectivity index (χ2n) is 6.84. The number of hydrogen-bond donors (Lipinski definition) is 1. The molecule has 1 aliphatic rings. The Morgan fingerprint density at radius 2 is 1.77 bits per heavy atom. The molecule has 0 heterocycles. The van der Waals surface area contributed by atoms with Gasteiger partial charge >= 0.3 is 12.1 Å². The van der Waals surface area contributed by atoms with Crippen molar-refractivity contribution in [2.75, 3.05) is 6.61 Å². The van der Waals surface area contributed by atoms with Gasteiger partial charge < -0.3 is 14.8 Å². The predicted octanol–water partition coefficient (Wildman–Crippen LogP) is 3.58. The van der Waals surface area contributed by atoms with Gasteiger partial charge in [-0.1, -0.05) is 5.57 Å². The highest BCUT2D eigenvalue weighted by Crippen LogP contribution is 2.30. The van der Waals surface area contributed by atoms with Crippen molar-refractivity contribution in [2.24, 2.45) is 5.92 Å². The van der Waals surface area contributed by atoms with Crippen LogP contribution < -0.4 is 5.32 Å². The van der Waals surface area contributed by atoms with E-state index in [4.69, 9.17) is 9.47 Å². The summed E-state index contributed by atoms with van der Waals surface area (Å²) in [7, 11) is 0. The van der Waals surface area contributed by atoms with E-state index in [1.165, 1.54) is 0 Å². The summed E-state index contributed by atoms with van der Waals surface area (Å²) in [5.41, 5.74) is 0.592. The van der Waals surface area contributed by atoms with E-state index in [9.17, 15) is 9.59 Å². The Balaban J connectivity index is 2.40. The van der Waals surface area contributed by atoms with Gasteiger partial charge in [0.05, 0.1) is 6.61 Å². The highest BCUT2D eigenvalue weighted by atomic mass is 16.6. The molecule has 1 saturated carbocycles. The predicted molar refractivity (Wildman–Crippen MR) is 85.5 cm³/mol. The van der Waals surface area contributed by atoms with Gasteiger partial charge in [0.15, 0.2) is 0 Å². The first kappa shape index (κ1) is 18.5. The van der Waals surface area contributed by atoms with Crippen LogP contribution in [0.5, 0.6) is 0 Å². The fourth-order valence-corrected chi connectivity index (χ4v) is 2.65. The lowest BCUT2D eigenvalue weighted by molar-refractivity contribution is -0.137. The van der Waals surface area contributed by atoms with Crippen LogP contribution >= 0.6 is 0 Å². The van der Waals surface area contributed by atoms with Gasteiger partial charge in [-0.25, -0.2) is 9.59 Å². The van der Waals surface area contributed by atoms with Crippen molar-refractivity contribution in [1.82, 2.24) is 5.32 Å². The molecule has 0 aliphatic heterocycles. The molecule has 1 fully saturated rings. The Hall–Kier alpha value is -1.52. The van der Waals surface area contributed by atoms with Crippen molar-refractivity contribution < 1.29 is 19.1 Å². The Morgan fingerprint density at radius 1 is 1.18 bits per heavy atom. The highest BCUT2D eigenvalue weighted by molar-refractivity contribution is 5.82. The molecule has 0 saturated heterocycles. The van der Waals surface area contributed by atoms with Crippen molar-refractivity contribution in [3.63, 3.8) is 0 Å². The number of alkyl carbamates (subject to hydrolysis) is 1. The largest absolute Gasteiger partial charge is 0.463 e. The lowest BCUT2D eigenvalue weighted by atomic mass is 9.82. The smallest absolute Gasteiger partial charge is 0.407 e. The minimum atomic E-state index is -0.472. The van der Waals surface area contributed by atoms with Gasteiger partial charge in [-0.15, -0.1) is 0 Å². The van der Waals surface area contributed by atoms with Crippen molar-refractivity contribution in [1.29, 1.82) is 0 Å². The summed E-state index contributed by atoms with van der Waals surface area (Å²) in [6.07, 6.45) is 4.96. The molecular weight excluding hydrogens is 282 g/mol. The molecule has 0 radical (unpaired) electrons. The lowest BCUT2D eigenvalue weighted by Gasteiger charge is -2.30. The van der Waals surface area contributed by atoms with E-state index >= 15 is 0 Å². The van der Waals surface area contributed by atoms with Crippen LogP contribution in [0.25, 0.3) is 0 Å². The molecule has 0 aromatic carbocycles. The zero-order valence-electron chi connectivity index (χ0n) is 14.4. The van der Waals surface area contributed by atoms with Gasteiger partial charge in [0.2, 0.25) is 0 Å². The molecule has 1 rings (SSSR count). The fourth-order valence-electron chi connectivity index (χ4n) is 2.65. The maximum Gasteiger partial charge on any atom is 0.407 e. The van der Waals surface area contributed by atoms with E-state index in [2.05, 4.69) is 5.32 Å². The van der Waals surface area contributed by atoms with Gasteiger partial charge in [-0.05, 0) is 66.2 Å². The van der Waals surface area contributed by atoms with Gasteiger partial charge in [0, 0.05) is 12.1 Å². The Morgan fingerprint density at radius 3 is 2.27 bits per heavy atom. The number of amides is 1. The van der Waals surface area contributed by atoms with Crippen LogP contribution in [0.15, 0.2) is 11.6 Å². The molecule has 1 amide bonds. The monoisotopic (exact) mass is 311 g/mol. The van der Waals surface area contributed by atoms with Crippen molar-refractivity contribution in [3.8, 4) is 0 Å². The van der Waals surface area contributed by atoms with Crippen LogP contribution in [0.3, 0.4) is 0 Å². The molecule has 5 heteroatoms. The van der Waals surface area contributed by atoms with Gasteiger partial charge in [-0.2, -0.15) is 0 Å². The van der Waals surface area contributed by atoms with Crippen LogP contribution in [-0.4, -0.2) is 30.3 Å². The molecule has 5 nitrogen and oxygen atoms in total. The zero-order valence-corrected chi connectivity index (χ0v) is 14.4. The topological polar surface area (TPSA) is 64.6 Å². The molecule has 0 aromatic heterocycles. The minimum absolute atomic E-state index is 0.154. The molecular formula is C17H29NO4. The highest BCUT2D eigenvalue weighted by Gasteiger charge is 2.25. The van der Waals surface area contributed by atoms with Gasteiger partial charge in [-0.3, -0.25) is 0 Å². The summed E-state index contributed by atoms with van der Waals surface area (Å²) < 4.78 is 10.2. The number of rotatable bonds is 4. The van der Waals surface area contributed by atoms with E-state index < -0.39 is 5.60 Å². The molecule has 0 unspecified atom stereocenters. The Kier molecular flexibility index (Phi) is 6.91. The number of nitrogens with one attached hydrogen (secondary N) is 1. The van der Waals surface area contributed by atoms with Crippen LogP contribution in [0.1, 0.15) is 60.3 Å². The third-order valence-electron chi connectivity index (χ3n) is 3.72. The summed E-state index contributed by atoms with van der Waals surface area (Å²) in [6, 6.07) is 0.154. The first-order valence-corrected chi connectivity index (χ1v) is 8.05. The van der Waals surface area contributed by atoms with Crippen molar-refractivity contribution in [2.45, 2.75) is 71.9 Å². The van der Waals surface area contributed by atoms with E-state index in [1.807, 2.05) is 27.7 Å². The quantitative estimate of drug-likeness (QED) is 0.636. The standard InChI is InChI=1S/C17H29NO4/c1-6-21-15(19)11-12(2)13-7-9-14(10-8-13)18-16(20)22-17(3,4)5/h11,13-14H,6-10H2,1-5H3,(H,18,20)/b12-11+. The number of carbonyl (C=O) groups is 2. The van der Waals surface area contributed by atoms with Crippen molar-refractivity contribution >= 4 is 12.1 Å². The van der Waals surface area contributed by atoms with Gasteiger partial charge in [0.25, 0.3) is 0 Å². The lowest BCUT2D eigenvalue weighted by Crippen LogP contribution is -2.41. The zero-order chi connectivity index (χ0) is 16.8. The number of allylic oxidation sites excluding steroid dienone is 1. The van der Waals surface area contributed by atoms with E-state index in [0.717, 1.165) is 31.3 Å². The molecule has 0 atom stereocenters. The fraction of sp³-hybridized carbons (Fsp3) is 0.765. The molecule has 126 valence electrons. The first-order chi connectivity index (χ1) is 10.2. The molecule has 0 aromatic rings. The van der Waals surface area contributed by atoms with E-state index in [1.54, 1.807) is 13.0 Å². The Labute approximate surface area is 133 Å². The summed E-state index contributed by atoms with van der Waals surface area (Å²) in [5, 5.41) is 2.92. The third-order valence-corrected chi connectivity index (χ3v) is 3.72. The molecule has 22 heavy (non-hydrogen) atoms. The van der Waals surface area contributed by atoms with E-state index in [-0.39, 0.29) is 18.1 Å². The number of ether oxygens (including phenoxy) is 2. The van der Waals surface area contributed by atoms with Crippen LogP contribution in [0.2, 0.25) is 0 Å². The second kappa shape index (κ2) is 8.20. The third kappa shape index (κ3) is 6.96. The molecule has 0 bridgehead atoms. The number of carbonyl (C=O) groups excluding carboxylic acids is 2.